The van der Waals surface area contributed by atoms with Crippen molar-refractivity contribution < 1.29 is 5.11 Å². The molecular formula is C14H14N2O. The Hall–Kier alpha value is -2.16. The molecule has 0 aliphatic carbocycles. The van der Waals surface area contributed by atoms with Crippen LogP contribution in [0.5, 0.6) is 5.75 Å². The molecule has 0 unspecified atom stereocenters. The van der Waals surface area contributed by atoms with Gasteiger partial charge in [0.2, 0.25) is 0 Å². The van der Waals surface area contributed by atoms with Gasteiger partial charge in [0.25, 0.3) is 0 Å². The third kappa shape index (κ3) is 2.69. The predicted molar refractivity (Wildman–Crippen MR) is 68.5 cm³/mol. The van der Waals surface area contributed by atoms with Crippen LogP contribution in [0.3, 0.4) is 0 Å². The average Bonchev–Trinajstić information content (AvgIpc) is 2.34. The van der Waals surface area contributed by atoms with E-state index in [0.717, 1.165) is 22.4 Å². The molecule has 17 heavy (non-hydrogen) atoms. The minimum atomic E-state index is 0.363. The van der Waals surface area contributed by atoms with E-state index in [1.807, 2.05) is 38.1 Å². The van der Waals surface area contributed by atoms with Crippen molar-refractivity contribution in [3.05, 3.63) is 53.1 Å². The second-order valence-corrected chi connectivity index (χ2v) is 3.97. The van der Waals surface area contributed by atoms with Gasteiger partial charge in [-0.25, -0.2) is 0 Å². The first kappa shape index (κ1) is 11.3. The molecular weight excluding hydrogens is 212 g/mol. The van der Waals surface area contributed by atoms with Gasteiger partial charge in [0.15, 0.2) is 0 Å². The van der Waals surface area contributed by atoms with E-state index in [4.69, 9.17) is 0 Å². The maximum Gasteiger partial charge on any atom is 0.121 e. The molecule has 0 spiro atoms. The lowest BCUT2D eigenvalue weighted by atomic mass is 10.1. The summed E-state index contributed by atoms with van der Waals surface area (Å²) in [4.78, 5) is 8.15. The highest BCUT2D eigenvalue weighted by molar-refractivity contribution is 5.69. The van der Waals surface area contributed by atoms with Crippen LogP contribution >= 0.6 is 0 Å². The zero-order valence-corrected chi connectivity index (χ0v) is 9.88. The fraction of sp³-hybridized carbons (Fsp3) is 0.143. The lowest BCUT2D eigenvalue weighted by Crippen LogP contribution is -1.84. The van der Waals surface area contributed by atoms with Crippen molar-refractivity contribution in [1.29, 1.82) is 0 Å². The Kier molecular flexibility index (Phi) is 3.19. The molecule has 0 fully saturated rings. The molecule has 0 atom stereocenters. The molecule has 0 aliphatic rings. The molecule has 2 rings (SSSR count). The van der Waals surface area contributed by atoms with E-state index in [0.29, 0.717) is 5.75 Å². The zero-order valence-electron chi connectivity index (χ0n) is 9.88. The molecule has 0 saturated carbocycles. The number of phenolic OH excluding ortho intramolecular Hbond substituents is 1. The van der Waals surface area contributed by atoms with Gasteiger partial charge in [-0.1, -0.05) is 6.08 Å². The second-order valence-electron chi connectivity index (χ2n) is 3.97. The number of aromatic hydroxyl groups is 1. The van der Waals surface area contributed by atoms with Gasteiger partial charge >= 0.3 is 0 Å². The number of phenols is 1. The van der Waals surface area contributed by atoms with Crippen LogP contribution in [0.2, 0.25) is 0 Å². The molecule has 2 aromatic rings. The fourth-order valence-corrected chi connectivity index (χ4v) is 1.66. The van der Waals surface area contributed by atoms with Crippen LogP contribution in [0.1, 0.15) is 22.4 Å². The molecule has 0 aliphatic heterocycles. The van der Waals surface area contributed by atoms with E-state index in [-0.39, 0.29) is 0 Å². The normalized spacial score (nSPS) is 10.9. The van der Waals surface area contributed by atoms with Crippen LogP contribution < -0.4 is 0 Å². The molecule has 3 heteroatoms. The van der Waals surface area contributed by atoms with Gasteiger partial charge < -0.3 is 5.11 Å². The fourth-order valence-electron chi connectivity index (χ4n) is 1.66. The third-order valence-corrected chi connectivity index (χ3v) is 2.54. The van der Waals surface area contributed by atoms with Crippen LogP contribution in [0, 0.1) is 13.8 Å². The summed E-state index contributed by atoms with van der Waals surface area (Å²) in [5.74, 6) is 0.363. The van der Waals surface area contributed by atoms with E-state index in [1.165, 1.54) is 0 Å². The van der Waals surface area contributed by atoms with Gasteiger partial charge in [-0.2, -0.15) is 0 Å². The lowest BCUT2D eigenvalue weighted by molar-refractivity contribution is 0.467. The Morgan fingerprint density at radius 3 is 2.35 bits per heavy atom. The van der Waals surface area contributed by atoms with Crippen molar-refractivity contribution in [3.8, 4) is 5.75 Å². The summed E-state index contributed by atoms with van der Waals surface area (Å²) in [5, 5.41) is 9.67. The zero-order chi connectivity index (χ0) is 12.3. The molecule has 0 amide bonds. The largest absolute Gasteiger partial charge is 0.507 e. The Morgan fingerprint density at radius 1 is 1.06 bits per heavy atom. The highest BCUT2D eigenvalue weighted by atomic mass is 16.3. The number of rotatable bonds is 2. The molecule has 86 valence electrons. The monoisotopic (exact) mass is 226 g/mol. The molecule has 1 aromatic heterocycles. The highest BCUT2D eigenvalue weighted by Crippen LogP contribution is 2.23. The SMILES string of the molecule is Cc1cc(C=Cc2cnccn2)cc(C)c1O. The summed E-state index contributed by atoms with van der Waals surface area (Å²) in [6.07, 6.45) is 8.87. The predicted octanol–water partition coefficient (Wildman–Crippen LogP) is 2.97. The van der Waals surface area contributed by atoms with Crippen LogP contribution in [-0.4, -0.2) is 15.1 Å². The number of benzene rings is 1. The summed E-state index contributed by atoms with van der Waals surface area (Å²) in [6.45, 7) is 3.78. The molecule has 3 nitrogen and oxygen atoms in total. The second kappa shape index (κ2) is 4.78. The lowest BCUT2D eigenvalue weighted by Gasteiger charge is -2.04. The van der Waals surface area contributed by atoms with Gasteiger partial charge in [-0.05, 0) is 48.7 Å². The van der Waals surface area contributed by atoms with E-state index < -0.39 is 0 Å². The maximum atomic E-state index is 9.67. The Bertz CT molecular complexity index is 524. The number of aryl methyl sites for hydroxylation is 2. The van der Waals surface area contributed by atoms with Crippen molar-refractivity contribution in [2.75, 3.05) is 0 Å². The van der Waals surface area contributed by atoms with Crippen LogP contribution in [0.25, 0.3) is 12.2 Å². The summed E-state index contributed by atoms with van der Waals surface area (Å²) in [5.41, 5.74) is 3.62. The third-order valence-electron chi connectivity index (χ3n) is 2.54. The van der Waals surface area contributed by atoms with Gasteiger partial charge in [0.1, 0.15) is 5.75 Å². The Labute approximate surface area is 100 Å². The van der Waals surface area contributed by atoms with Crippen molar-refractivity contribution in [1.82, 2.24) is 9.97 Å². The van der Waals surface area contributed by atoms with E-state index in [2.05, 4.69) is 9.97 Å². The van der Waals surface area contributed by atoms with Gasteiger partial charge in [0, 0.05) is 12.4 Å². The van der Waals surface area contributed by atoms with E-state index in [1.54, 1.807) is 18.6 Å². The molecule has 0 bridgehead atoms. The summed E-state index contributed by atoms with van der Waals surface area (Å²) >= 11 is 0. The standard InChI is InChI=1S/C14H14N2O/c1-10-7-12(8-11(2)14(10)17)3-4-13-9-15-5-6-16-13/h3-9,17H,1-2H3. The van der Waals surface area contributed by atoms with Gasteiger partial charge in [-0.3, -0.25) is 9.97 Å². The topological polar surface area (TPSA) is 46.0 Å². The molecule has 1 N–H and O–H groups in total. The first-order chi connectivity index (χ1) is 8.16. The first-order valence-electron chi connectivity index (χ1n) is 5.41. The quantitative estimate of drug-likeness (QED) is 0.856. The first-order valence-corrected chi connectivity index (χ1v) is 5.41. The number of hydrogen-bond acceptors (Lipinski definition) is 3. The summed E-state index contributed by atoms with van der Waals surface area (Å²) in [6, 6.07) is 3.88. The molecule has 0 saturated heterocycles. The van der Waals surface area contributed by atoms with Crippen LogP contribution in [0.15, 0.2) is 30.7 Å². The minimum Gasteiger partial charge on any atom is -0.507 e. The molecule has 1 aromatic carbocycles. The maximum absolute atomic E-state index is 9.67. The number of aromatic nitrogens is 2. The summed E-state index contributed by atoms with van der Waals surface area (Å²) < 4.78 is 0. The van der Waals surface area contributed by atoms with E-state index >= 15 is 0 Å². The van der Waals surface area contributed by atoms with Crippen molar-refractivity contribution >= 4 is 12.2 Å². The van der Waals surface area contributed by atoms with Crippen molar-refractivity contribution in [3.63, 3.8) is 0 Å². The van der Waals surface area contributed by atoms with E-state index in [9.17, 15) is 5.11 Å². The molecule has 0 radical (unpaired) electrons. The average molecular weight is 226 g/mol. The minimum absolute atomic E-state index is 0.363. The van der Waals surface area contributed by atoms with Crippen LogP contribution in [-0.2, 0) is 0 Å². The van der Waals surface area contributed by atoms with Crippen molar-refractivity contribution in [2.24, 2.45) is 0 Å². The highest BCUT2D eigenvalue weighted by Gasteiger charge is 2.01. The Morgan fingerprint density at radius 2 is 1.76 bits per heavy atom. The van der Waals surface area contributed by atoms with Crippen molar-refractivity contribution in [2.45, 2.75) is 13.8 Å². The Balaban J connectivity index is 2.28. The van der Waals surface area contributed by atoms with Crippen LogP contribution in [0.4, 0.5) is 0 Å². The number of hydrogen-bond donors (Lipinski definition) is 1. The molecule has 1 heterocycles. The summed E-state index contributed by atoms with van der Waals surface area (Å²) in [7, 11) is 0. The number of nitrogens with zero attached hydrogens (tertiary/aromatic N) is 2. The van der Waals surface area contributed by atoms with Gasteiger partial charge in [0.05, 0.1) is 11.9 Å². The van der Waals surface area contributed by atoms with Gasteiger partial charge in [-0.15, -0.1) is 0 Å². The smallest absolute Gasteiger partial charge is 0.121 e.